The minimum Gasteiger partial charge on any atom is -0.481 e. The summed E-state index contributed by atoms with van der Waals surface area (Å²) in [5.74, 6) is -0.152. The first kappa shape index (κ1) is 11.6. The average molecular weight is 212 g/mol. The molecule has 0 radical (unpaired) electrons. The second-order valence-corrected chi connectivity index (χ2v) is 3.61. The number of aliphatic carboxylic acids is 1. The molecular formula is C10H16N2O3. The first-order valence-corrected chi connectivity index (χ1v) is 4.88. The summed E-state index contributed by atoms with van der Waals surface area (Å²) in [4.78, 5) is 10.4. The van der Waals surface area contributed by atoms with Crippen molar-refractivity contribution in [2.24, 2.45) is 0 Å². The molecule has 84 valence electrons. The molecule has 0 aliphatic heterocycles. The zero-order valence-electron chi connectivity index (χ0n) is 9.23. The Morgan fingerprint density at radius 2 is 2.33 bits per heavy atom. The standard InChI is InChI=1S/C10H16N2O3/c1-7(2)12-10(15-3)8(6-11-12)4-5-9(13)14/h6-7H,4-5H2,1-3H3,(H,13,14). The lowest BCUT2D eigenvalue weighted by Crippen LogP contribution is -2.06. The molecule has 0 aliphatic carbocycles. The maximum atomic E-state index is 10.4. The number of rotatable bonds is 5. The summed E-state index contributed by atoms with van der Waals surface area (Å²) in [7, 11) is 1.57. The Morgan fingerprint density at radius 1 is 1.67 bits per heavy atom. The van der Waals surface area contributed by atoms with Gasteiger partial charge in [0.2, 0.25) is 5.88 Å². The molecule has 1 aromatic rings. The molecule has 0 aromatic carbocycles. The highest BCUT2D eigenvalue weighted by Crippen LogP contribution is 2.22. The third kappa shape index (κ3) is 2.71. The van der Waals surface area contributed by atoms with Crippen LogP contribution in [0, 0.1) is 0 Å². The smallest absolute Gasteiger partial charge is 0.303 e. The van der Waals surface area contributed by atoms with Gasteiger partial charge in [0.1, 0.15) is 0 Å². The van der Waals surface area contributed by atoms with Crippen molar-refractivity contribution in [3.63, 3.8) is 0 Å². The van der Waals surface area contributed by atoms with Crippen molar-refractivity contribution in [2.45, 2.75) is 32.7 Å². The highest BCUT2D eigenvalue weighted by molar-refractivity contribution is 5.67. The zero-order valence-corrected chi connectivity index (χ0v) is 9.23. The highest BCUT2D eigenvalue weighted by atomic mass is 16.5. The van der Waals surface area contributed by atoms with Gasteiger partial charge < -0.3 is 9.84 Å². The van der Waals surface area contributed by atoms with Crippen LogP contribution in [-0.2, 0) is 11.2 Å². The van der Waals surface area contributed by atoms with Gasteiger partial charge in [-0.3, -0.25) is 4.79 Å². The number of carboxylic acids is 1. The van der Waals surface area contributed by atoms with Crippen molar-refractivity contribution in [3.8, 4) is 5.88 Å². The van der Waals surface area contributed by atoms with Gasteiger partial charge in [0.25, 0.3) is 0 Å². The molecule has 1 rings (SSSR count). The molecule has 15 heavy (non-hydrogen) atoms. The van der Waals surface area contributed by atoms with Crippen molar-refractivity contribution < 1.29 is 14.6 Å². The number of ether oxygens (including phenoxy) is 1. The number of carbonyl (C=O) groups is 1. The fraction of sp³-hybridized carbons (Fsp3) is 0.600. The van der Waals surface area contributed by atoms with E-state index in [1.54, 1.807) is 18.0 Å². The minimum atomic E-state index is -0.811. The summed E-state index contributed by atoms with van der Waals surface area (Å²) in [6, 6.07) is 0.207. The molecule has 1 N–H and O–H groups in total. The van der Waals surface area contributed by atoms with Gasteiger partial charge in [0, 0.05) is 12.0 Å². The van der Waals surface area contributed by atoms with Gasteiger partial charge in [0.15, 0.2) is 0 Å². The Kier molecular flexibility index (Phi) is 3.71. The Bertz CT molecular complexity index is 344. The lowest BCUT2D eigenvalue weighted by atomic mass is 10.2. The molecule has 1 heterocycles. The number of aryl methyl sites for hydroxylation is 1. The normalized spacial score (nSPS) is 10.7. The monoisotopic (exact) mass is 212 g/mol. The van der Waals surface area contributed by atoms with E-state index in [4.69, 9.17) is 9.84 Å². The maximum absolute atomic E-state index is 10.4. The fourth-order valence-electron chi connectivity index (χ4n) is 1.39. The second kappa shape index (κ2) is 4.82. The molecule has 5 nitrogen and oxygen atoms in total. The van der Waals surface area contributed by atoms with Gasteiger partial charge in [-0.15, -0.1) is 0 Å². The van der Waals surface area contributed by atoms with Gasteiger partial charge in [0.05, 0.1) is 19.3 Å². The van der Waals surface area contributed by atoms with Gasteiger partial charge in [-0.25, -0.2) is 4.68 Å². The Labute approximate surface area is 88.7 Å². The number of hydrogen-bond acceptors (Lipinski definition) is 3. The van der Waals surface area contributed by atoms with Crippen LogP contribution in [-0.4, -0.2) is 28.0 Å². The zero-order chi connectivity index (χ0) is 11.4. The molecule has 0 unspecified atom stereocenters. The van der Waals surface area contributed by atoms with E-state index in [9.17, 15) is 4.79 Å². The van der Waals surface area contributed by atoms with E-state index in [2.05, 4.69) is 5.10 Å². The molecule has 0 amide bonds. The molecule has 0 bridgehead atoms. The molecule has 0 saturated carbocycles. The van der Waals surface area contributed by atoms with E-state index in [1.165, 1.54) is 0 Å². The van der Waals surface area contributed by atoms with Crippen molar-refractivity contribution in [2.75, 3.05) is 7.11 Å². The van der Waals surface area contributed by atoms with Gasteiger partial charge in [-0.1, -0.05) is 0 Å². The summed E-state index contributed by atoms with van der Waals surface area (Å²) in [6.07, 6.45) is 2.22. The fourth-order valence-corrected chi connectivity index (χ4v) is 1.39. The number of nitrogens with zero attached hydrogens (tertiary/aromatic N) is 2. The summed E-state index contributed by atoms with van der Waals surface area (Å²) in [6.45, 7) is 3.99. The van der Waals surface area contributed by atoms with Gasteiger partial charge >= 0.3 is 5.97 Å². The Morgan fingerprint density at radius 3 is 2.80 bits per heavy atom. The predicted octanol–water partition coefficient (Wildman–Crippen LogP) is 1.49. The Hall–Kier alpha value is -1.52. The van der Waals surface area contributed by atoms with Crippen LogP contribution in [0.2, 0.25) is 0 Å². The molecule has 0 spiro atoms. The summed E-state index contributed by atoms with van der Waals surface area (Å²) in [5.41, 5.74) is 0.841. The van der Waals surface area contributed by atoms with Crippen LogP contribution in [0.4, 0.5) is 0 Å². The molecular weight excluding hydrogens is 196 g/mol. The summed E-state index contributed by atoms with van der Waals surface area (Å²) >= 11 is 0. The van der Waals surface area contributed by atoms with Crippen molar-refractivity contribution >= 4 is 5.97 Å². The number of carboxylic acid groups (broad SMARTS) is 1. The van der Waals surface area contributed by atoms with Crippen molar-refractivity contribution in [1.29, 1.82) is 0 Å². The maximum Gasteiger partial charge on any atom is 0.303 e. The van der Waals surface area contributed by atoms with Crippen LogP contribution in [0.15, 0.2) is 6.20 Å². The molecule has 0 saturated heterocycles. The molecule has 5 heteroatoms. The average Bonchev–Trinajstić information content (AvgIpc) is 2.57. The Balaban J connectivity index is 2.84. The van der Waals surface area contributed by atoms with Crippen molar-refractivity contribution in [3.05, 3.63) is 11.8 Å². The highest BCUT2D eigenvalue weighted by Gasteiger charge is 2.14. The van der Waals surface area contributed by atoms with Crippen LogP contribution in [0.5, 0.6) is 5.88 Å². The van der Waals surface area contributed by atoms with Crippen molar-refractivity contribution in [1.82, 2.24) is 9.78 Å². The minimum absolute atomic E-state index is 0.0974. The number of hydrogen-bond donors (Lipinski definition) is 1. The molecule has 1 aromatic heterocycles. The summed E-state index contributed by atoms with van der Waals surface area (Å²) in [5, 5.41) is 12.7. The van der Waals surface area contributed by atoms with E-state index >= 15 is 0 Å². The van der Waals surface area contributed by atoms with Crippen LogP contribution >= 0.6 is 0 Å². The van der Waals surface area contributed by atoms with Gasteiger partial charge in [-0.2, -0.15) is 5.10 Å². The third-order valence-electron chi connectivity index (χ3n) is 2.11. The van der Waals surface area contributed by atoms with Gasteiger partial charge in [-0.05, 0) is 20.3 Å². The first-order valence-electron chi connectivity index (χ1n) is 4.88. The second-order valence-electron chi connectivity index (χ2n) is 3.61. The van der Waals surface area contributed by atoms with Crippen LogP contribution in [0.25, 0.3) is 0 Å². The molecule has 0 atom stereocenters. The molecule has 0 aliphatic rings. The largest absolute Gasteiger partial charge is 0.481 e. The first-order chi connectivity index (χ1) is 7.06. The van der Waals surface area contributed by atoms with Crippen LogP contribution < -0.4 is 4.74 Å². The summed E-state index contributed by atoms with van der Waals surface area (Å²) < 4.78 is 6.96. The van der Waals surface area contributed by atoms with E-state index < -0.39 is 5.97 Å². The van der Waals surface area contributed by atoms with E-state index in [1.807, 2.05) is 13.8 Å². The van der Waals surface area contributed by atoms with E-state index in [0.717, 1.165) is 5.56 Å². The SMILES string of the molecule is COc1c(CCC(=O)O)cnn1C(C)C. The predicted molar refractivity (Wildman–Crippen MR) is 55.1 cm³/mol. The third-order valence-corrected chi connectivity index (χ3v) is 2.11. The van der Waals surface area contributed by atoms with Crippen LogP contribution in [0.3, 0.4) is 0 Å². The topological polar surface area (TPSA) is 64.3 Å². The van der Waals surface area contributed by atoms with E-state index in [-0.39, 0.29) is 12.5 Å². The molecule has 0 fully saturated rings. The van der Waals surface area contributed by atoms with E-state index in [0.29, 0.717) is 12.3 Å². The lowest BCUT2D eigenvalue weighted by Gasteiger charge is -2.10. The lowest BCUT2D eigenvalue weighted by molar-refractivity contribution is -0.136. The van der Waals surface area contributed by atoms with Crippen LogP contribution in [0.1, 0.15) is 31.9 Å². The quantitative estimate of drug-likeness (QED) is 0.803. The number of methoxy groups -OCH3 is 1. The number of aromatic nitrogens is 2.